The quantitative estimate of drug-likeness (QED) is 0.218. The van der Waals surface area contributed by atoms with Gasteiger partial charge in [-0.3, -0.25) is 0 Å². The van der Waals surface area contributed by atoms with Crippen LogP contribution in [0, 0.1) is 12.4 Å². The zero-order valence-corrected chi connectivity index (χ0v) is 24.1. The highest BCUT2D eigenvalue weighted by Gasteiger charge is 2.45. The summed E-state index contributed by atoms with van der Waals surface area (Å²) in [6, 6.07) is 10.4. The Hall–Kier alpha value is -4.67. The SMILES string of the molecule is [C-]#[N+]c1ccc2nc(OC)c(C(c3ccnc(OC)c3F)C(O)(CCN(C)C)c3cc(OC)nc(OC(F)F)c3)cc2c1. The molecule has 13 heteroatoms. The molecule has 0 saturated heterocycles. The third kappa shape index (κ3) is 6.55. The Morgan fingerprint density at radius 1 is 0.953 bits per heavy atom. The fraction of sp³-hybridized carbons (Fsp3) is 0.333. The van der Waals surface area contributed by atoms with Gasteiger partial charge < -0.3 is 29.0 Å². The monoisotopic (exact) mass is 597 g/mol. The topological polar surface area (TPSA) is 103 Å². The van der Waals surface area contributed by atoms with Crippen molar-refractivity contribution in [2.75, 3.05) is 42.0 Å². The van der Waals surface area contributed by atoms with E-state index >= 15 is 4.39 Å². The molecule has 0 saturated carbocycles. The highest BCUT2D eigenvalue weighted by Crippen LogP contribution is 2.49. The summed E-state index contributed by atoms with van der Waals surface area (Å²) in [6.07, 6.45) is 1.28. The van der Waals surface area contributed by atoms with E-state index < -0.39 is 29.8 Å². The second-order valence-corrected chi connectivity index (χ2v) is 9.82. The number of ether oxygens (including phenoxy) is 4. The summed E-state index contributed by atoms with van der Waals surface area (Å²) in [7, 11) is 7.50. The van der Waals surface area contributed by atoms with Crippen LogP contribution in [0.5, 0.6) is 23.5 Å². The Labute approximate surface area is 246 Å². The van der Waals surface area contributed by atoms with Crippen molar-refractivity contribution in [2.45, 2.75) is 24.6 Å². The van der Waals surface area contributed by atoms with E-state index in [-0.39, 0.29) is 47.3 Å². The van der Waals surface area contributed by atoms with Crippen LogP contribution in [-0.4, -0.2) is 73.5 Å². The predicted molar refractivity (Wildman–Crippen MR) is 152 cm³/mol. The first-order valence-corrected chi connectivity index (χ1v) is 13.0. The largest absolute Gasteiger partial charge is 0.481 e. The van der Waals surface area contributed by atoms with Crippen molar-refractivity contribution in [1.82, 2.24) is 19.9 Å². The summed E-state index contributed by atoms with van der Waals surface area (Å²) in [5.74, 6) is -3.04. The number of pyridine rings is 3. The third-order valence-electron chi connectivity index (χ3n) is 6.93. The number of hydrogen-bond acceptors (Lipinski definition) is 9. The minimum atomic E-state index is -3.21. The Balaban J connectivity index is 2.13. The second-order valence-electron chi connectivity index (χ2n) is 9.82. The first-order chi connectivity index (χ1) is 20.5. The predicted octanol–water partition coefficient (Wildman–Crippen LogP) is 5.31. The first-order valence-electron chi connectivity index (χ1n) is 13.0. The lowest BCUT2D eigenvalue weighted by molar-refractivity contribution is -0.0538. The maximum Gasteiger partial charge on any atom is 0.388 e. The molecule has 43 heavy (non-hydrogen) atoms. The number of rotatable bonds is 12. The smallest absolute Gasteiger partial charge is 0.388 e. The molecule has 0 fully saturated rings. The van der Waals surface area contributed by atoms with Crippen molar-refractivity contribution >= 4 is 16.6 Å². The number of aromatic nitrogens is 3. The lowest BCUT2D eigenvalue weighted by Crippen LogP contribution is -2.38. The minimum Gasteiger partial charge on any atom is -0.481 e. The van der Waals surface area contributed by atoms with E-state index in [2.05, 4.69) is 24.5 Å². The normalized spacial score (nSPS) is 13.4. The van der Waals surface area contributed by atoms with Gasteiger partial charge in [0.2, 0.25) is 23.5 Å². The molecule has 0 radical (unpaired) electrons. The van der Waals surface area contributed by atoms with Crippen molar-refractivity contribution in [3.63, 3.8) is 0 Å². The number of hydrogen-bond donors (Lipinski definition) is 1. The molecule has 2 atom stereocenters. The van der Waals surface area contributed by atoms with E-state index in [0.29, 0.717) is 16.6 Å². The minimum absolute atomic E-state index is 0.0407. The Bertz CT molecular complexity index is 1650. The van der Waals surface area contributed by atoms with Crippen molar-refractivity contribution in [2.24, 2.45) is 0 Å². The van der Waals surface area contributed by atoms with Crippen molar-refractivity contribution < 1.29 is 37.2 Å². The summed E-state index contributed by atoms with van der Waals surface area (Å²) >= 11 is 0. The van der Waals surface area contributed by atoms with E-state index in [4.69, 9.17) is 20.8 Å². The maximum absolute atomic E-state index is 16.1. The van der Waals surface area contributed by atoms with Crippen molar-refractivity contribution in [1.29, 1.82) is 0 Å². The van der Waals surface area contributed by atoms with Gasteiger partial charge in [-0.15, -0.1) is 0 Å². The van der Waals surface area contributed by atoms with E-state index in [1.807, 2.05) is 0 Å². The molecular weight excluding hydrogens is 567 g/mol. The Morgan fingerprint density at radius 3 is 2.30 bits per heavy atom. The van der Waals surface area contributed by atoms with Gasteiger partial charge in [-0.25, -0.2) is 19.2 Å². The molecule has 0 aliphatic rings. The van der Waals surface area contributed by atoms with Crippen LogP contribution < -0.4 is 18.9 Å². The lowest BCUT2D eigenvalue weighted by atomic mass is 9.71. The van der Waals surface area contributed by atoms with Crippen LogP contribution in [0.3, 0.4) is 0 Å². The zero-order chi connectivity index (χ0) is 31.3. The molecule has 0 aliphatic heterocycles. The van der Waals surface area contributed by atoms with Crippen LogP contribution in [0.2, 0.25) is 0 Å². The van der Waals surface area contributed by atoms with Crippen LogP contribution in [0.25, 0.3) is 15.7 Å². The average Bonchev–Trinajstić information content (AvgIpc) is 2.99. The molecule has 3 heterocycles. The molecule has 1 aromatic carbocycles. The molecule has 1 N–H and O–H groups in total. The van der Waals surface area contributed by atoms with Gasteiger partial charge in [-0.1, -0.05) is 6.07 Å². The van der Waals surface area contributed by atoms with Crippen LogP contribution in [0.4, 0.5) is 18.9 Å². The molecule has 0 amide bonds. The van der Waals surface area contributed by atoms with Crippen LogP contribution in [0.1, 0.15) is 29.0 Å². The standard InChI is InChI=1S/C30H30F3N5O5/c1-34-19-7-8-22-17(13-19)14-21(27(36-22)41-5)25(20-9-11-35-28(42-6)26(20)31)30(39,10-12-38(2)3)18-15-23(40-4)37-24(16-18)43-29(32)33/h7-9,11,13-16,25,29,39H,10,12H2,2-6H3. The molecule has 3 aromatic heterocycles. The number of alkyl halides is 2. The molecule has 4 aromatic rings. The molecular formula is C30H30F3N5O5. The maximum atomic E-state index is 16.1. The first kappa shape index (κ1) is 31.3. The van der Waals surface area contributed by atoms with E-state index in [1.165, 1.54) is 39.7 Å². The summed E-state index contributed by atoms with van der Waals surface area (Å²) in [5.41, 5.74) is -0.954. The third-order valence-corrected chi connectivity index (χ3v) is 6.93. The highest BCUT2D eigenvalue weighted by molar-refractivity contribution is 5.84. The molecule has 226 valence electrons. The van der Waals surface area contributed by atoms with Gasteiger partial charge in [-0.2, -0.15) is 13.8 Å². The van der Waals surface area contributed by atoms with Gasteiger partial charge in [0.1, 0.15) is 5.60 Å². The molecule has 0 bridgehead atoms. The lowest BCUT2D eigenvalue weighted by Gasteiger charge is -2.39. The van der Waals surface area contributed by atoms with Gasteiger partial charge in [0.05, 0.1) is 39.3 Å². The summed E-state index contributed by atoms with van der Waals surface area (Å²) in [5, 5.41) is 13.4. The van der Waals surface area contributed by atoms with E-state index in [0.717, 1.165) is 6.07 Å². The number of methoxy groups -OCH3 is 3. The number of halogens is 3. The Kier molecular flexibility index (Phi) is 9.53. The summed E-state index contributed by atoms with van der Waals surface area (Å²) in [4.78, 5) is 17.8. The number of benzene rings is 1. The van der Waals surface area contributed by atoms with Gasteiger partial charge in [0, 0.05) is 36.0 Å². The number of nitrogens with zero attached hydrogens (tertiary/aromatic N) is 5. The number of aliphatic hydroxyl groups is 1. The number of fused-ring (bicyclic) bond motifs is 1. The van der Waals surface area contributed by atoms with Gasteiger partial charge in [-0.05, 0) is 55.7 Å². The van der Waals surface area contributed by atoms with Gasteiger partial charge in [0.15, 0.2) is 11.5 Å². The fourth-order valence-corrected chi connectivity index (χ4v) is 4.92. The fourth-order valence-electron chi connectivity index (χ4n) is 4.92. The van der Waals surface area contributed by atoms with Crippen molar-refractivity contribution in [3.8, 4) is 23.5 Å². The summed E-state index contributed by atoms with van der Waals surface area (Å²) in [6.45, 7) is 4.51. The van der Waals surface area contributed by atoms with Crippen molar-refractivity contribution in [3.05, 3.63) is 82.6 Å². The van der Waals surface area contributed by atoms with Gasteiger partial charge >= 0.3 is 6.61 Å². The van der Waals surface area contributed by atoms with Crippen LogP contribution in [0.15, 0.2) is 48.7 Å². The summed E-state index contributed by atoms with van der Waals surface area (Å²) < 4.78 is 63.4. The highest BCUT2D eigenvalue weighted by atomic mass is 19.3. The molecule has 0 aliphatic carbocycles. The van der Waals surface area contributed by atoms with E-state index in [9.17, 15) is 13.9 Å². The van der Waals surface area contributed by atoms with Crippen LogP contribution >= 0.6 is 0 Å². The second kappa shape index (κ2) is 13.1. The molecule has 4 rings (SSSR count). The van der Waals surface area contributed by atoms with E-state index in [1.54, 1.807) is 43.3 Å². The van der Waals surface area contributed by atoms with Gasteiger partial charge in [0.25, 0.3) is 0 Å². The Morgan fingerprint density at radius 2 is 1.67 bits per heavy atom. The molecule has 2 unspecified atom stereocenters. The molecule has 10 nitrogen and oxygen atoms in total. The van der Waals surface area contributed by atoms with Crippen LogP contribution in [-0.2, 0) is 5.60 Å². The average molecular weight is 598 g/mol. The zero-order valence-electron chi connectivity index (χ0n) is 24.1. The molecule has 0 spiro atoms.